The van der Waals surface area contributed by atoms with Crippen LogP contribution in [0.1, 0.15) is 40.6 Å². The Morgan fingerprint density at radius 1 is 1.37 bits per heavy atom. The topological polar surface area (TPSA) is 68.3 Å². The summed E-state index contributed by atoms with van der Waals surface area (Å²) in [6, 6.07) is -0.612. The molecule has 5 nitrogen and oxygen atoms in total. The van der Waals surface area contributed by atoms with Gasteiger partial charge in [-0.25, -0.2) is 9.78 Å². The van der Waals surface area contributed by atoms with Crippen molar-refractivity contribution in [1.29, 1.82) is 0 Å². The van der Waals surface area contributed by atoms with Crippen LogP contribution in [0.4, 0.5) is 0 Å². The highest BCUT2D eigenvalue weighted by Gasteiger charge is 2.24. The van der Waals surface area contributed by atoms with E-state index in [4.69, 9.17) is 4.74 Å². The van der Waals surface area contributed by atoms with E-state index in [1.54, 1.807) is 6.92 Å². The molecule has 0 aliphatic carbocycles. The Hall–Kier alpha value is -1.43. The first kappa shape index (κ1) is 15.6. The SMILES string of the molecule is COC(=O)[C@H](CC(C)C)NC(=O)c1sc(C)nc1C. The lowest BCUT2D eigenvalue weighted by Gasteiger charge is -2.17. The van der Waals surface area contributed by atoms with E-state index < -0.39 is 12.0 Å². The monoisotopic (exact) mass is 284 g/mol. The van der Waals surface area contributed by atoms with Crippen LogP contribution in [0, 0.1) is 19.8 Å². The number of amides is 1. The van der Waals surface area contributed by atoms with Crippen molar-refractivity contribution in [2.75, 3.05) is 7.11 Å². The van der Waals surface area contributed by atoms with Crippen LogP contribution in [0.15, 0.2) is 0 Å². The van der Waals surface area contributed by atoms with Crippen molar-refractivity contribution in [3.8, 4) is 0 Å². The van der Waals surface area contributed by atoms with E-state index in [1.807, 2.05) is 20.8 Å². The summed E-state index contributed by atoms with van der Waals surface area (Å²) in [6.07, 6.45) is 0.551. The summed E-state index contributed by atoms with van der Waals surface area (Å²) in [5, 5.41) is 3.56. The molecule has 1 aromatic heterocycles. The molecule has 1 atom stereocenters. The van der Waals surface area contributed by atoms with Crippen LogP contribution < -0.4 is 5.32 Å². The zero-order valence-corrected chi connectivity index (χ0v) is 12.8. The first-order valence-corrected chi connectivity index (χ1v) is 6.99. The summed E-state index contributed by atoms with van der Waals surface area (Å²) in [5.41, 5.74) is 0.688. The molecule has 0 aliphatic rings. The van der Waals surface area contributed by atoms with Gasteiger partial charge in [-0.15, -0.1) is 11.3 Å². The van der Waals surface area contributed by atoms with Gasteiger partial charge in [-0.05, 0) is 26.2 Å². The Morgan fingerprint density at radius 3 is 2.42 bits per heavy atom. The number of carbonyl (C=O) groups excluding carboxylic acids is 2. The van der Waals surface area contributed by atoms with Gasteiger partial charge in [0.2, 0.25) is 0 Å². The number of carbonyl (C=O) groups is 2. The van der Waals surface area contributed by atoms with E-state index in [9.17, 15) is 9.59 Å². The zero-order valence-electron chi connectivity index (χ0n) is 11.9. The molecule has 0 aliphatic heterocycles. The van der Waals surface area contributed by atoms with Gasteiger partial charge in [0, 0.05) is 0 Å². The van der Waals surface area contributed by atoms with Crippen LogP contribution in [-0.4, -0.2) is 30.0 Å². The Balaban J connectivity index is 2.81. The molecule has 1 heterocycles. The van der Waals surface area contributed by atoms with E-state index in [0.29, 0.717) is 17.0 Å². The number of nitrogens with one attached hydrogen (secondary N) is 1. The maximum Gasteiger partial charge on any atom is 0.328 e. The smallest absolute Gasteiger partial charge is 0.328 e. The molecular weight excluding hydrogens is 264 g/mol. The standard InChI is InChI=1S/C13H20N2O3S/c1-7(2)6-10(13(17)18-5)15-12(16)11-8(3)14-9(4)19-11/h7,10H,6H2,1-5H3,(H,15,16)/t10-/m0/s1. The van der Waals surface area contributed by atoms with Crippen molar-refractivity contribution < 1.29 is 14.3 Å². The first-order chi connectivity index (χ1) is 8.85. The second-order valence-corrected chi connectivity index (χ2v) is 6.03. The van der Waals surface area contributed by atoms with E-state index in [2.05, 4.69) is 10.3 Å². The van der Waals surface area contributed by atoms with Crippen LogP contribution >= 0.6 is 11.3 Å². The predicted octanol–water partition coefficient (Wildman–Crippen LogP) is 2.08. The quantitative estimate of drug-likeness (QED) is 0.841. The average Bonchev–Trinajstić information content (AvgIpc) is 2.66. The number of ether oxygens (including phenoxy) is 1. The maximum absolute atomic E-state index is 12.1. The number of hydrogen-bond acceptors (Lipinski definition) is 5. The number of thiazole rings is 1. The third kappa shape index (κ3) is 4.31. The summed E-state index contributed by atoms with van der Waals surface area (Å²) in [4.78, 5) is 28.6. The maximum atomic E-state index is 12.1. The van der Waals surface area contributed by atoms with Gasteiger partial charge in [-0.1, -0.05) is 13.8 Å². The van der Waals surface area contributed by atoms with Gasteiger partial charge < -0.3 is 10.1 Å². The minimum absolute atomic E-state index is 0.265. The lowest BCUT2D eigenvalue weighted by molar-refractivity contribution is -0.143. The van der Waals surface area contributed by atoms with Gasteiger partial charge in [-0.3, -0.25) is 4.79 Å². The van der Waals surface area contributed by atoms with E-state index >= 15 is 0 Å². The van der Waals surface area contributed by atoms with Crippen molar-refractivity contribution in [3.63, 3.8) is 0 Å². The summed E-state index contributed by atoms with van der Waals surface area (Å²) in [7, 11) is 1.32. The predicted molar refractivity (Wildman–Crippen MR) is 74.3 cm³/mol. The van der Waals surface area contributed by atoms with Crippen LogP contribution in [0.3, 0.4) is 0 Å². The second kappa shape index (κ2) is 6.65. The van der Waals surface area contributed by atoms with Crippen LogP contribution in [0.25, 0.3) is 0 Å². The molecule has 0 spiro atoms. The average molecular weight is 284 g/mol. The van der Waals surface area contributed by atoms with Crippen LogP contribution in [0.2, 0.25) is 0 Å². The molecule has 0 radical (unpaired) electrons. The fourth-order valence-corrected chi connectivity index (χ4v) is 2.62. The Bertz CT molecular complexity index is 468. The third-order valence-corrected chi connectivity index (χ3v) is 3.68. The summed E-state index contributed by atoms with van der Waals surface area (Å²) in [6.45, 7) is 7.61. The van der Waals surface area contributed by atoms with Crippen molar-refractivity contribution in [2.24, 2.45) is 5.92 Å². The van der Waals surface area contributed by atoms with Gasteiger partial charge in [-0.2, -0.15) is 0 Å². The minimum atomic E-state index is -0.612. The Kier molecular flexibility index (Phi) is 5.47. The first-order valence-electron chi connectivity index (χ1n) is 6.17. The van der Waals surface area contributed by atoms with Gasteiger partial charge in [0.1, 0.15) is 10.9 Å². The highest BCUT2D eigenvalue weighted by atomic mass is 32.1. The van der Waals surface area contributed by atoms with Gasteiger partial charge in [0.15, 0.2) is 0 Å². The fraction of sp³-hybridized carbons (Fsp3) is 0.615. The molecule has 1 amide bonds. The molecule has 6 heteroatoms. The zero-order chi connectivity index (χ0) is 14.6. The molecule has 1 aromatic rings. The largest absolute Gasteiger partial charge is 0.467 e. The van der Waals surface area contributed by atoms with E-state index in [1.165, 1.54) is 18.4 Å². The summed E-state index contributed by atoms with van der Waals surface area (Å²) in [5.74, 6) is -0.395. The van der Waals surface area contributed by atoms with Crippen LogP contribution in [-0.2, 0) is 9.53 Å². The lowest BCUT2D eigenvalue weighted by atomic mass is 10.0. The molecule has 1 rings (SSSR count). The Labute approximate surface area is 117 Å². The van der Waals surface area contributed by atoms with Gasteiger partial charge >= 0.3 is 5.97 Å². The number of nitrogens with zero attached hydrogens (tertiary/aromatic N) is 1. The van der Waals surface area contributed by atoms with Gasteiger partial charge in [0.05, 0.1) is 17.8 Å². The molecule has 106 valence electrons. The normalized spacial score (nSPS) is 12.3. The molecule has 0 fully saturated rings. The number of hydrogen-bond donors (Lipinski definition) is 1. The van der Waals surface area contributed by atoms with Crippen LogP contribution in [0.5, 0.6) is 0 Å². The summed E-state index contributed by atoms with van der Waals surface area (Å²) >= 11 is 1.33. The Morgan fingerprint density at radius 2 is 2.00 bits per heavy atom. The molecule has 1 N–H and O–H groups in total. The van der Waals surface area contributed by atoms with Gasteiger partial charge in [0.25, 0.3) is 5.91 Å². The number of aryl methyl sites for hydroxylation is 2. The van der Waals surface area contributed by atoms with Crippen molar-refractivity contribution >= 4 is 23.2 Å². The summed E-state index contributed by atoms with van der Waals surface area (Å²) < 4.78 is 4.72. The number of methoxy groups -OCH3 is 1. The fourth-order valence-electron chi connectivity index (χ4n) is 1.79. The molecule has 0 bridgehead atoms. The minimum Gasteiger partial charge on any atom is -0.467 e. The molecule has 0 aromatic carbocycles. The number of aromatic nitrogens is 1. The molecule has 0 saturated carbocycles. The van der Waals surface area contributed by atoms with E-state index in [-0.39, 0.29) is 11.8 Å². The molecule has 0 saturated heterocycles. The van der Waals surface area contributed by atoms with E-state index in [0.717, 1.165) is 5.01 Å². The second-order valence-electron chi connectivity index (χ2n) is 4.83. The van der Waals surface area contributed by atoms with Crippen molar-refractivity contribution in [3.05, 3.63) is 15.6 Å². The van der Waals surface area contributed by atoms with Crippen molar-refractivity contribution in [1.82, 2.24) is 10.3 Å². The lowest BCUT2D eigenvalue weighted by Crippen LogP contribution is -2.42. The number of esters is 1. The third-order valence-electron chi connectivity index (χ3n) is 2.61. The number of rotatable bonds is 5. The highest BCUT2D eigenvalue weighted by molar-refractivity contribution is 7.13. The molecule has 0 unspecified atom stereocenters. The molecule has 19 heavy (non-hydrogen) atoms. The highest BCUT2D eigenvalue weighted by Crippen LogP contribution is 2.17. The van der Waals surface area contributed by atoms with Crippen molar-refractivity contribution in [2.45, 2.75) is 40.2 Å². The molecular formula is C13H20N2O3S.